The van der Waals surface area contributed by atoms with E-state index in [2.05, 4.69) is 16.9 Å². The second-order valence-electron chi connectivity index (χ2n) is 4.18. The van der Waals surface area contributed by atoms with Crippen molar-refractivity contribution >= 4 is 10.0 Å². The molecule has 0 aromatic heterocycles. The van der Waals surface area contributed by atoms with Gasteiger partial charge in [0.25, 0.3) is 0 Å². The second kappa shape index (κ2) is 4.55. The van der Waals surface area contributed by atoms with E-state index in [4.69, 9.17) is 0 Å². The maximum Gasteiger partial charge on any atom is 0.211 e. The number of hydrogen-bond acceptors (Lipinski definition) is 2. The molecule has 3 nitrogen and oxygen atoms in total. The molecule has 0 spiro atoms. The monoisotopic (exact) mass is 239 g/mol. The third-order valence-corrected chi connectivity index (χ3v) is 4.38. The molecule has 1 aromatic carbocycles. The van der Waals surface area contributed by atoms with Crippen LogP contribution in [0.15, 0.2) is 18.2 Å². The van der Waals surface area contributed by atoms with E-state index in [0.717, 1.165) is 18.4 Å². The number of sulfonamides is 1. The fraction of sp³-hybridized carbons (Fsp3) is 0.500. The van der Waals surface area contributed by atoms with Crippen LogP contribution < -0.4 is 4.72 Å². The summed E-state index contributed by atoms with van der Waals surface area (Å²) >= 11 is 0. The van der Waals surface area contributed by atoms with Gasteiger partial charge in [0.05, 0.1) is 5.75 Å². The lowest BCUT2D eigenvalue weighted by molar-refractivity contribution is 0.582. The predicted octanol–water partition coefficient (Wildman–Crippen LogP) is 1.61. The number of rotatable bonds is 4. The third kappa shape index (κ3) is 2.62. The van der Waals surface area contributed by atoms with E-state index in [1.807, 2.05) is 6.07 Å². The van der Waals surface area contributed by atoms with Gasteiger partial charge >= 0.3 is 0 Å². The molecule has 1 aliphatic rings. The molecule has 2 rings (SSSR count). The van der Waals surface area contributed by atoms with Crippen LogP contribution in [0.25, 0.3) is 0 Å². The summed E-state index contributed by atoms with van der Waals surface area (Å²) in [6.45, 7) is 2.05. The van der Waals surface area contributed by atoms with Crippen molar-refractivity contribution in [1.82, 2.24) is 4.72 Å². The number of fused-ring (bicyclic) bond motifs is 1. The Labute approximate surface area is 96.9 Å². The predicted molar refractivity (Wildman–Crippen MR) is 64.8 cm³/mol. The van der Waals surface area contributed by atoms with E-state index in [-0.39, 0.29) is 5.75 Å². The lowest BCUT2D eigenvalue weighted by Gasteiger charge is -2.06. The average Bonchev–Trinajstić information content (AvgIpc) is 2.73. The summed E-state index contributed by atoms with van der Waals surface area (Å²) in [5.74, 6) is 0.137. The van der Waals surface area contributed by atoms with Crippen LogP contribution in [0.4, 0.5) is 0 Å². The normalized spacial score (nSPS) is 15.1. The van der Waals surface area contributed by atoms with E-state index in [0.29, 0.717) is 6.54 Å². The fourth-order valence-electron chi connectivity index (χ4n) is 2.03. The van der Waals surface area contributed by atoms with Crippen LogP contribution in [-0.2, 0) is 29.4 Å². The smallest absolute Gasteiger partial charge is 0.211 e. The minimum Gasteiger partial charge on any atom is -0.212 e. The van der Waals surface area contributed by atoms with Crippen molar-refractivity contribution < 1.29 is 8.42 Å². The molecule has 0 saturated carbocycles. The minimum absolute atomic E-state index is 0.137. The zero-order valence-electron chi connectivity index (χ0n) is 9.49. The zero-order chi connectivity index (χ0) is 11.6. The molecule has 4 heteroatoms. The second-order valence-corrected chi connectivity index (χ2v) is 6.28. The fourth-order valence-corrected chi connectivity index (χ4v) is 2.62. The molecule has 0 heterocycles. The van der Waals surface area contributed by atoms with Crippen LogP contribution in [0.3, 0.4) is 0 Å². The first-order chi connectivity index (χ1) is 7.61. The van der Waals surface area contributed by atoms with Gasteiger partial charge in [-0.2, -0.15) is 0 Å². The first kappa shape index (κ1) is 11.6. The Morgan fingerprint density at radius 3 is 2.75 bits per heavy atom. The molecule has 0 bridgehead atoms. The molecular formula is C12H17NO2S. The minimum atomic E-state index is -3.08. The van der Waals surface area contributed by atoms with Gasteiger partial charge in [0.1, 0.15) is 0 Å². The molecule has 0 aliphatic heterocycles. The Morgan fingerprint density at radius 1 is 1.25 bits per heavy atom. The molecule has 88 valence electrons. The van der Waals surface area contributed by atoms with Gasteiger partial charge in [0, 0.05) is 6.54 Å². The number of aryl methyl sites for hydroxylation is 2. The summed E-state index contributed by atoms with van der Waals surface area (Å²) < 4.78 is 25.2. The summed E-state index contributed by atoms with van der Waals surface area (Å²) in [6, 6.07) is 6.26. The highest BCUT2D eigenvalue weighted by Crippen LogP contribution is 2.22. The van der Waals surface area contributed by atoms with Gasteiger partial charge in [0.2, 0.25) is 10.0 Å². The maximum atomic E-state index is 11.3. The molecule has 1 aliphatic carbocycles. The third-order valence-electron chi connectivity index (χ3n) is 3.04. The standard InChI is InChI=1S/C12H17NO2S/c1-2-16(14,15)13-9-10-6-7-11-4-3-5-12(11)8-10/h6-8,13H,2-5,9H2,1H3. The Balaban J connectivity index is 2.06. The van der Waals surface area contributed by atoms with Gasteiger partial charge in [-0.15, -0.1) is 0 Å². The number of nitrogens with one attached hydrogen (secondary N) is 1. The molecule has 0 amide bonds. The Kier molecular flexibility index (Phi) is 3.30. The van der Waals surface area contributed by atoms with Gasteiger partial charge in [0.15, 0.2) is 0 Å². The van der Waals surface area contributed by atoms with Gasteiger partial charge in [-0.1, -0.05) is 18.2 Å². The SMILES string of the molecule is CCS(=O)(=O)NCc1ccc2c(c1)CCC2. The Hall–Kier alpha value is -0.870. The summed E-state index contributed by atoms with van der Waals surface area (Å²) in [5, 5.41) is 0. The van der Waals surface area contributed by atoms with Crippen molar-refractivity contribution in [1.29, 1.82) is 0 Å². The molecule has 0 saturated heterocycles. The van der Waals surface area contributed by atoms with E-state index in [1.165, 1.54) is 17.5 Å². The lowest BCUT2D eigenvalue weighted by atomic mass is 10.1. The van der Waals surface area contributed by atoms with Crippen molar-refractivity contribution in [2.45, 2.75) is 32.7 Å². The van der Waals surface area contributed by atoms with Crippen LogP contribution in [0.1, 0.15) is 30.0 Å². The van der Waals surface area contributed by atoms with Crippen molar-refractivity contribution in [2.75, 3.05) is 5.75 Å². The summed E-state index contributed by atoms with van der Waals surface area (Å²) in [5.41, 5.74) is 3.85. The molecule has 1 N–H and O–H groups in total. The van der Waals surface area contributed by atoms with Crippen LogP contribution in [-0.4, -0.2) is 14.2 Å². The van der Waals surface area contributed by atoms with Crippen LogP contribution in [0.2, 0.25) is 0 Å². The molecule has 1 aromatic rings. The molecule has 0 unspecified atom stereocenters. The van der Waals surface area contributed by atoms with Crippen LogP contribution >= 0.6 is 0 Å². The van der Waals surface area contributed by atoms with Gasteiger partial charge in [-0.05, 0) is 42.9 Å². The first-order valence-corrected chi connectivity index (χ1v) is 7.34. The summed E-state index contributed by atoms with van der Waals surface area (Å²) in [6.07, 6.45) is 3.51. The molecule has 0 atom stereocenters. The van der Waals surface area contributed by atoms with E-state index in [9.17, 15) is 8.42 Å². The largest absolute Gasteiger partial charge is 0.212 e. The Morgan fingerprint density at radius 2 is 2.00 bits per heavy atom. The average molecular weight is 239 g/mol. The van der Waals surface area contributed by atoms with Crippen molar-refractivity contribution in [3.63, 3.8) is 0 Å². The van der Waals surface area contributed by atoms with Gasteiger partial charge in [-0.25, -0.2) is 13.1 Å². The van der Waals surface area contributed by atoms with Crippen LogP contribution in [0.5, 0.6) is 0 Å². The van der Waals surface area contributed by atoms with E-state index in [1.54, 1.807) is 6.92 Å². The highest BCUT2D eigenvalue weighted by atomic mass is 32.2. The number of benzene rings is 1. The molecule has 16 heavy (non-hydrogen) atoms. The van der Waals surface area contributed by atoms with Gasteiger partial charge < -0.3 is 0 Å². The zero-order valence-corrected chi connectivity index (χ0v) is 10.3. The Bertz CT molecular complexity index is 480. The molecule has 0 radical (unpaired) electrons. The topological polar surface area (TPSA) is 46.2 Å². The van der Waals surface area contributed by atoms with Crippen molar-refractivity contribution in [2.24, 2.45) is 0 Å². The lowest BCUT2D eigenvalue weighted by Crippen LogP contribution is -2.24. The quantitative estimate of drug-likeness (QED) is 0.867. The first-order valence-electron chi connectivity index (χ1n) is 5.69. The van der Waals surface area contributed by atoms with E-state index < -0.39 is 10.0 Å². The van der Waals surface area contributed by atoms with Crippen molar-refractivity contribution in [3.8, 4) is 0 Å². The molecular weight excluding hydrogens is 222 g/mol. The van der Waals surface area contributed by atoms with Gasteiger partial charge in [-0.3, -0.25) is 0 Å². The highest BCUT2D eigenvalue weighted by Gasteiger charge is 2.11. The maximum absolute atomic E-state index is 11.3. The van der Waals surface area contributed by atoms with Crippen molar-refractivity contribution in [3.05, 3.63) is 34.9 Å². The molecule has 0 fully saturated rings. The highest BCUT2D eigenvalue weighted by molar-refractivity contribution is 7.89. The van der Waals surface area contributed by atoms with E-state index >= 15 is 0 Å². The number of hydrogen-bond donors (Lipinski definition) is 1. The summed E-state index contributed by atoms with van der Waals surface area (Å²) in [4.78, 5) is 0. The summed E-state index contributed by atoms with van der Waals surface area (Å²) in [7, 11) is -3.08. The van der Waals surface area contributed by atoms with Crippen LogP contribution in [0, 0.1) is 0 Å².